The van der Waals surface area contributed by atoms with Crippen LogP contribution in [0.25, 0.3) is 0 Å². The Balaban J connectivity index is 1.41. The lowest BCUT2D eigenvalue weighted by Crippen LogP contribution is -2.47. The number of carbonyl (C=O) groups is 1. The quantitative estimate of drug-likeness (QED) is 0.822. The van der Waals surface area contributed by atoms with Crippen molar-refractivity contribution in [3.05, 3.63) is 18.7 Å². The van der Waals surface area contributed by atoms with E-state index in [0.717, 1.165) is 32.8 Å². The molecule has 1 saturated heterocycles. The first-order valence-electron chi connectivity index (χ1n) is 8.64. The number of hydrogen-bond acceptors (Lipinski definition) is 4. The van der Waals surface area contributed by atoms with E-state index in [1.807, 2.05) is 12.5 Å². The van der Waals surface area contributed by atoms with Gasteiger partial charge in [-0.25, -0.2) is 4.98 Å². The van der Waals surface area contributed by atoms with Crippen LogP contribution in [0.3, 0.4) is 0 Å². The average Bonchev–Trinajstić information content (AvgIpc) is 3.10. The molecule has 1 aromatic heterocycles. The van der Waals surface area contributed by atoms with Crippen molar-refractivity contribution in [1.82, 2.24) is 19.8 Å². The number of ether oxygens (including phenoxy) is 1. The molecule has 2 fully saturated rings. The summed E-state index contributed by atoms with van der Waals surface area (Å²) in [5, 5.41) is 3.12. The summed E-state index contributed by atoms with van der Waals surface area (Å²) in [6.07, 6.45) is 8.46. The molecule has 1 saturated carbocycles. The van der Waals surface area contributed by atoms with Crippen LogP contribution in [-0.2, 0) is 16.1 Å². The number of nitrogens with one attached hydrogen (secondary N) is 1. The van der Waals surface area contributed by atoms with Crippen LogP contribution in [0.15, 0.2) is 18.7 Å². The Morgan fingerprint density at radius 1 is 1.48 bits per heavy atom. The lowest BCUT2D eigenvalue weighted by Gasteiger charge is -2.35. The van der Waals surface area contributed by atoms with Crippen molar-refractivity contribution in [2.75, 3.05) is 26.2 Å². The maximum absolute atomic E-state index is 12.2. The highest BCUT2D eigenvalue weighted by molar-refractivity contribution is 5.76. The SMILES string of the molecule is CC(C)N1CCOC(CC(=O)NCC2(Cn3ccnc3)CC2)C1. The Morgan fingerprint density at radius 3 is 2.96 bits per heavy atom. The smallest absolute Gasteiger partial charge is 0.222 e. The van der Waals surface area contributed by atoms with Crippen LogP contribution in [-0.4, -0.2) is 58.7 Å². The number of imidazole rings is 1. The number of amides is 1. The number of nitrogens with zero attached hydrogens (tertiary/aromatic N) is 3. The van der Waals surface area contributed by atoms with E-state index >= 15 is 0 Å². The molecule has 0 bridgehead atoms. The highest BCUT2D eigenvalue weighted by atomic mass is 16.5. The fourth-order valence-electron chi connectivity index (χ4n) is 3.23. The molecule has 0 radical (unpaired) electrons. The van der Waals surface area contributed by atoms with Crippen molar-refractivity contribution >= 4 is 5.91 Å². The van der Waals surface area contributed by atoms with Gasteiger partial charge in [0.1, 0.15) is 0 Å². The maximum atomic E-state index is 12.2. The fraction of sp³-hybridized carbons (Fsp3) is 0.765. The van der Waals surface area contributed by atoms with Crippen LogP contribution in [0, 0.1) is 5.41 Å². The molecule has 6 heteroatoms. The van der Waals surface area contributed by atoms with E-state index in [0.29, 0.717) is 12.5 Å². The molecule has 1 aliphatic carbocycles. The average molecular weight is 320 g/mol. The Hall–Kier alpha value is -1.40. The monoisotopic (exact) mass is 320 g/mol. The zero-order valence-corrected chi connectivity index (χ0v) is 14.2. The predicted octanol–water partition coefficient (Wildman–Crippen LogP) is 1.28. The van der Waals surface area contributed by atoms with Crippen molar-refractivity contribution in [1.29, 1.82) is 0 Å². The summed E-state index contributed by atoms with van der Waals surface area (Å²) in [4.78, 5) is 18.7. The van der Waals surface area contributed by atoms with Gasteiger partial charge in [-0.3, -0.25) is 9.69 Å². The van der Waals surface area contributed by atoms with Gasteiger partial charge in [0.25, 0.3) is 0 Å². The molecule has 23 heavy (non-hydrogen) atoms. The lowest BCUT2D eigenvalue weighted by atomic mass is 10.1. The van der Waals surface area contributed by atoms with Gasteiger partial charge in [-0.2, -0.15) is 0 Å². The zero-order valence-electron chi connectivity index (χ0n) is 14.2. The molecule has 1 atom stereocenters. The van der Waals surface area contributed by atoms with Crippen molar-refractivity contribution in [2.24, 2.45) is 5.41 Å². The van der Waals surface area contributed by atoms with Crippen LogP contribution in [0.1, 0.15) is 33.1 Å². The molecule has 1 aromatic rings. The van der Waals surface area contributed by atoms with Gasteiger partial charge in [0.05, 0.1) is 25.5 Å². The summed E-state index contributed by atoms with van der Waals surface area (Å²) in [7, 11) is 0. The minimum atomic E-state index is 0.0231. The molecular formula is C17H28N4O2. The molecule has 1 aliphatic heterocycles. The minimum absolute atomic E-state index is 0.0231. The third kappa shape index (κ3) is 4.54. The molecule has 2 aliphatic rings. The highest BCUT2D eigenvalue weighted by Gasteiger charge is 2.43. The van der Waals surface area contributed by atoms with Gasteiger partial charge in [-0.1, -0.05) is 0 Å². The molecule has 0 spiro atoms. The van der Waals surface area contributed by atoms with E-state index in [-0.39, 0.29) is 17.4 Å². The van der Waals surface area contributed by atoms with E-state index < -0.39 is 0 Å². The minimum Gasteiger partial charge on any atom is -0.375 e. The van der Waals surface area contributed by atoms with Crippen molar-refractivity contribution in [3.63, 3.8) is 0 Å². The van der Waals surface area contributed by atoms with Gasteiger partial charge in [0.15, 0.2) is 0 Å². The third-order valence-electron chi connectivity index (χ3n) is 5.01. The summed E-state index contributed by atoms with van der Waals surface area (Å²) in [5.74, 6) is 0.109. The Labute approximate surface area is 138 Å². The van der Waals surface area contributed by atoms with Crippen molar-refractivity contribution in [2.45, 2.75) is 51.8 Å². The van der Waals surface area contributed by atoms with Crippen molar-refractivity contribution < 1.29 is 9.53 Å². The molecule has 1 unspecified atom stereocenters. The summed E-state index contributed by atoms with van der Waals surface area (Å²) in [6.45, 7) is 8.61. The Morgan fingerprint density at radius 2 is 2.30 bits per heavy atom. The largest absolute Gasteiger partial charge is 0.375 e. The van der Waals surface area contributed by atoms with Gasteiger partial charge >= 0.3 is 0 Å². The molecule has 1 N–H and O–H groups in total. The molecule has 6 nitrogen and oxygen atoms in total. The normalized spacial score (nSPS) is 23.9. The van der Waals surface area contributed by atoms with Crippen molar-refractivity contribution in [3.8, 4) is 0 Å². The molecule has 1 amide bonds. The fourth-order valence-corrected chi connectivity index (χ4v) is 3.23. The molecule has 2 heterocycles. The standard InChI is InChI=1S/C17H28N4O2/c1-14(2)21-7-8-23-15(10-21)9-16(22)19-11-17(3-4-17)12-20-6-5-18-13-20/h5-6,13-15H,3-4,7-12H2,1-2H3,(H,19,22). The Kier molecular flexibility index (Phi) is 5.02. The second-order valence-electron chi connectivity index (χ2n) is 7.30. The van der Waals surface area contributed by atoms with Crippen LogP contribution < -0.4 is 5.32 Å². The number of carbonyl (C=O) groups excluding carboxylic acids is 1. The molecule has 3 rings (SSSR count). The van der Waals surface area contributed by atoms with Crippen LogP contribution >= 0.6 is 0 Å². The van der Waals surface area contributed by atoms with Gasteiger partial charge in [0.2, 0.25) is 5.91 Å². The number of aromatic nitrogens is 2. The van der Waals surface area contributed by atoms with Gasteiger partial charge in [-0.05, 0) is 26.7 Å². The van der Waals surface area contributed by atoms with Gasteiger partial charge < -0.3 is 14.6 Å². The topological polar surface area (TPSA) is 59.4 Å². The molecular weight excluding hydrogens is 292 g/mol. The first kappa shape index (κ1) is 16.5. The van der Waals surface area contributed by atoms with E-state index in [1.165, 1.54) is 12.8 Å². The highest BCUT2D eigenvalue weighted by Crippen LogP contribution is 2.46. The first-order valence-corrected chi connectivity index (χ1v) is 8.64. The second kappa shape index (κ2) is 7.01. The second-order valence-corrected chi connectivity index (χ2v) is 7.30. The maximum Gasteiger partial charge on any atom is 0.222 e. The van der Waals surface area contributed by atoms with E-state index in [1.54, 1.807) is 6.20 Å². The van der Waals surface area contributed by atoms with Crippen LogP contribution in [0.2, 0.25) is 0 Å². The van der Waals surface area contributed by atoms with Gasteiger partial charge in [0, 0.05) is 50.0 Å². The van der Waals surface area contributed by atoms with Gasteiger partial charge in [-0.15, -0.1) is 0 Å². The van der Waals surface area contributed by atoms with Crippen LogP contribution in [0.5, 0.6) is 0 Å². The lowest BCUT2D eigenvalue weighted by molar-refractivity contribution is -0.126. The van der Waals surface area contributed by atoms with E-state index in [2.05, 4.69) is 33.6 Å². The molecule has 0 aromatic carbocycles. The number of rotatable bonds is 7. The number of morpholine rings is 1. The Bertz CT molecular complexity index is 511. The van der Waals surface area contributed by atoms with E-state index in [9.17, 15) is 4.79 Å². The first-order chi connectivity index (χ1) is 11.1. The predicted molar refractivity (Wildman–Crippen MR) is 88.0 cm³/mol. The molecule has 128 valence electrons. The summed E-state index contributed by atoms with van der Waals surface area (Å²) >= 11 is 0. The zero-order chi connectivity index (χ0) is 16.3. The summed E-state index contributed by atoms with van der Waals surface area (Å²) in [5.41, 5.74) is 0.230. The van der Waals surface area contributed by atoms with Crippen LogP contribution in [0.4, 0.5) is 0 Å². The summed E-state index contributed by atoms with van der Waals surface area (Å²) < 4.78 is 7.85. The third-order valence-corrected chi connectivity index (χ3v) is 5.01. The van der Waals surface area contributed by atoms with E-state index in [4.69, 9.17) is 4.74 Å². The number of hydrogen-bond donors (Lipinski definition) is 1. The summed E-state index contributed by atoms with van der Waals surface area (Å²) in [6, 6.07) is 0.509.